The van der Waals surface area contributed by atoms with Crippen molar-refractivity contribution in [2.24, 2.45) is 0 Å². The Morgan fingerprint density at radius 3 is 2.43 bits per heavy atom. The molecule has 2 aromatic rings. The second-order valence-corrected chi connectivity index (χ2v) is 8.80. The van der Waals surface area contributed by atoms with Crippen LogP contribution in [0.1, 0.15) is 29.3 Å². The fraction of sp³-hybridized carbons (Fsp3) is 0.304. The summed E-state index contributed by atoms with van der Waals surface area (Å²) in [6, 6.07) is 13.7. The molecule has 2 N–H and O–H groups in total. The van der Waals surface area contributed by atoms with Crippen LogP contribution >= 0.6 is 22.6 Å². The minimum Gasteiger partial charge on any atom is -0.369 e. The smallest absolute Gasteiger partial charge is 0.260 e. The molecule has 0 aliphatic carbocycles. The van der Waals surface area contributed by atoms with Crippen molar-refractivity contribution in [1.82, 2.24) is 10.2 Å². The standard InChI is InChI=1S/C23H25IN4O2/c1-2-9-27-10-12-28(13-11-27)18-6-4-17(5-7-18)25-15-21-20-14-16(24)3-8-19(20)22(29)26-23(21)30/h3-8,14-15,25H,2,9-13H2,1H3,(H,26,29,30). The van der Waals surface area contributed by atoms with Crippen LogP contribution in [0, 0.1) is 3.57 Å². The third-order valence-corrected chi connectivity index (χ3v) is 6.19. The van der Waals surface area contributed by atoms with E-state index in [9.17, 15) is 9.59 Å². The van der Waals surface area contributed by atoms with E-state index in [0.717, 1.165) is 35.4 Å². The van der Waals surface area contributed by atoms with Crippen LogP contribution in [0.2, 0.25) is 0 Å². The fourth-order valence-electron chi connectivity index (χ4n) is 3.91. The van der Waals surface area contributed by atoms with Gasteiger partial charge < -0.3 is 10.2 Å². The summed E-state index contributed by atoms with van der Waals surface area (Å²) in [7, 11) is 0. The maximum atomic E-state index is 12.4. The van der Waals surface area contributed by atoms with E-state index in [0.29, 0.717) is 16.7 Å². The Labute approximate surface area is 190 Å². The van der Waals surface area contributed by atoms with Crippen molar-refractivity contribution < 1.29 is 9.59 Å². The predicted molar refractivity (Wildman–Crippen MR) is 129 cm³/mol. The quantitative estimate of drug-likeness (QED) is 0.362. The normalized spacial score (nSPS) is 18.3. The first-order valence-corrected chi connectivity index (χ1v) is 11.3. The Kier molecular flexibility index (Phi) is 6.38. The van der Waals surface area contributed by atoms with Crippen molar-refractivity contribution in [2.75, 3.05) is 42.9 Å². The molecule has 2 aliphatic heterocycles. The molecule has 7 heteroatoms. The molecular formula is C23H25IN4O2. The first-order chi connectivity index (χ1) is 14.5. The van der Waals surface area contributed by atoms with Gasteiger partial charge in [-0.15, -0.1) is 0 Å². The van der Waals surface area contributed by atoms with Gasteiger partial charge in [0.15, 0.2) is 0 Å². The molecular weight excluding hydrogens is 491 g/mol. The van der Waals surface area contributed by atoms with E-state index < -0.39 is 0 Å². The number of imide groups is 1. The van der Waals surface area contributed by atoms with Gasteiger partial charge in [-0.3, -0.25) is 19.8 Å². The number of amides is 2. The Morgan fingerprint density at radius 1 is 1.00 bits per heavy atom. The van der Waals surface area contributed by atoms with Crippen LogP contribution in [0.15, 0.2) is 48.7 Å². The van der Waals surface area contributed by atoms with E-state index in [1.54, 1.807) is 12.3 Å². The average molecular weight is 516 g/mol. The average Bonchev–Trinajstić information content (AvgIpc) is 2.74. The van der Waals surface area contributed by atoms with E-state index in [1.165, 1.54) is 18.7 Å². The molecule has 0 saturated carbocycles. The van der Waals surface area contributed by atoms with Crippen molar-refractivity contribution in [3.05, 3.63) is 63.4 Å². The Bertz CT molecular complexity index is 979. The van der Waals surface area contributed by atoms with Crippen LogP contribution in [-0.2, 0) is 4.79 Å². The zero-order valence-corrected chi connectivity index (χ0v) is 19.1. The zero-order valence-electron chi connectivity index (χ0n) is 17.0. The highest BCUT2D eigenvalue weighted by atomic mass is 127. The van der Waals surface area contributed by atoms with Gasteiger partial charge in [0.1, 0.15) is 0 Å². The summed E-state index contributed by atoms with van der Waals surface area (Å²) in [4.78, 5) is 29.4. The lowest BCUT2D eigenvalue weighted by Gasteiger charge is -2.36. The molecule has 30 heavy (non-hydrogen) atoms. The lowest BCUT2D eigenvalue weighted by atomic mass is 9.95. The van der Waals surface area contributed by atoms with Gasteiger partial charge >= 0.3 is 0 Å². The van der Waals surface area contributed by atoms with Gasteiger partial charge in [-0.05, 0) is 78.0 Å². The summed E-state index contributed by atoms with van der Waals surface area (Å²) < 4.78 is 0.975. The van der Waals surface area contributed by atoms with Crippen LogP contribution < -0.4 is 15.5 Å². The molecule has 2 amide bonds. The maximum absolute atomic E-state index is 12.4. The monoisotopic (exact) mass is 516 g/mol. The molecule has 6 nitrogen and oxygen atoms in total. The Morgan fingerprint density at radius 2 is 1.73 bits per heavy atom. The zero-order chi connectivity index (χ0) is 21.1. The molecule has 156 valence electrons. The summed E-state index contributed by atoms with van der Waals surface area (Å²) in [6.07, 6.45) is 2.88. The molecule has 0 spiro atoms. The number of carbonyl (C=O) groups is 2. The summed E-state index contributed by atoms with van der Waals surface area (Å²) in [6.45, 7) is 7.69. The number of hydrogen-bond acceptors (Lipinski definition) is 5. The van der Waals surface area contributed by atoms with Crippen molar-refractivity contribution in [2.45, 2.75) is 13.3 Å². The largest absolute Gasteiger partial charge is 0.369 e. The molecule has 0 bridgehead atoms. The molecule has 0 aromatic heterocycles. The summed E-state index contributed by atoms with van der Waals surface area (Å²) in [5.74, 6) is -0.740. The number of anilines is 2. The summed E-state index contributed by atoms with van der Waals surface area (Å²) in [5, 5.41) is 5.62. The van der Waals surface area contributed by atoms with Gasteiger partial charge in [-0.1, -0.05) is 6.92 Å². The molecule has 0 radical (unpaired) electrons. The first kappa shape index (κ1) is 20.9. The van der Waals surface area contributed by atoms with Gasteiger partial charge in [0.05, 0.1) is 5.57 Å². The highest BCUT2D eigenvalue weighted by Crippen LogP contribution is 2.26. The van der Waals surface area contributed by atoms with Crippen LogP contribution in [-0.4, -0.2) is 49.4 Å². The molecule has 1 fully saturated rings. The number of piperazine rings is 1. The lowest BCUT2D eigenvalue weighted by molar-refractivity contribution is -0.114. The molecule has 2 heterocycles. The fourth-order valence-corrected chi connectivity index (χ4v) is 4.40. The number of fused-ring (bicyclic) bond motifs is 1. The Hall–Kier alpha value is -2.39. The van der Waals surface area contributed by atoms with Gasteiger partial charge in [0.2, 0.25) is 0 Å². The predicted octanol–water partition coefficient (Wildman–Crippen LogP) is 3.55. The number of carbonyl (C=O) groups excluding carboxylic acids is 2. The first-order valence-electron chi connectivity index (χ1n) is 10.2. The molecule has 0 atom stereocenters. The number of rotatable bonds is 5. The van der Waals surface area contributed by atoms with Crippen LogP contribution in [0.4, 0.5) is 11.4 Å². The summed E-state index contributed by atoms with van der Waals surface area (Å²) in [5.41, 5.74) is 3.74. The SMILES string of the molecule is CCCN1CCN(c2ccc(NC=C3C(=O)NC(=O)c4ccc(I)cc43)cc2)CC1. The second-order valence-electron chi connectivity index (χ2n) is 7.55. The maximum Gasteiger partial charge on any atom is 0.260 e. The number of benzene rings is 2. The third kappa shape index (κ3) is 4.52. The van der Waals surface area contributed by atoms with Gasteiger partial charge in [0, 0.05) is 58.5 Å². The van der Waals surface area contributed by atoms with Crippen LogP contribution in [0.25, 0.3) is 5.57 Å². The molecule has 1 saturated heterocycles. The van der Waals surface area contributed by atoms with Crippen molar-refractivity contribution >= 4 is 51.4 Å². The van der Waals surface area contributed by atoms with Crippen LogP contribution in [0.3, 0.4) is 0 Å². The molecule has 0 unspecified atom stereocenters. The Balaban J connectivity index is 1.46. The molecule has 4 rings (SSSR count). The van der Waals surface area contributed by atoms with Crippen molar-refractivity contribution in [3.8, 4) is 0 Å². The van der Waals surface area contributed by atoms with Crippen LogP contribution in [0.5, 0.6) is 0 Å². The minimum atomic E-state index is -0.386. The number of nitrogens with one attached hydrogen (secondary N) is 2. The van der Waals surface area contributed by atoms with E-state index in [4.69, 9.17) is 0 Å². The minimum absolute atomic E-state index is 0.355. The molecule has 2 aromatic carbocycles. The van der Waals surface area contributed by atoms with E-state index in [2.05, 4.69) is 62.1 Å². The number of hydrogen-bond donors (Lipinski definition) is 2. The van der Waals surface area contributed by atoms with Gasteiger partial charge in [-0.25, -0.2) is 0 Å². The van der Waals surface area contributed by atoms with Crippen molar-refractivity contribution in [1.29, 1.82) is 0 Å². The van der Waals surface area contributed by atoms with Gasteiger partial charge in [0.25, 0.3) is 11.8 Å². The highest BCUT2D eigenvalue weighted by molar-refractivity contribution is 14.1. The lowest BCUT2D eigenvalue weighted by Crippen LogP contribution is -2.46. The van der Waals surface area contributed by atoms with E-state index >= 15 is 0 Å². The van der Waals surface area contributed by atoms with Gasteiger partial charge in [-0.2, -0.15) is 0 Å². The third-order valence-electron chi connectivity index (χ3n) is 5.52. The number of halogens is 1. The number of nitrogens with zero attached hydrogens (tertiary/aromatic N) is 2. The summed E-state index contributed by atoms with van der Waals surface area (Å²) >= 11 is 2.18. The topological polar surface area (TPSA) is 64.7 Å². The van der Waals surface area contributed by atoms with E-state index in [-0.39, 0.29) is 11.8 Å². The molecule has 2 aliphatic rings. The van der Waals surface area contributed by atoms with E-state index in [1.807, 2.05) is 24.3 Å². The highest BCUT2D eigenvalue weighted by Gasteiger charge is 2.27. The second kappa shape index (κ2) is 9.18. The van der Waals surface area contributed by atoms with Crippen molar-refractivity contribution in [3.63, 3.8) is 0 Å².